The number of rotatable bonds is 4. The van der Waals surface area contributed by atoms with Crippen LogP contribution >= 0.6 is 23.3 Å². The number of carbonyl (C=O) groups excluding carboxylic acids is 1. The first-order valence-electron chi connectivity index (χ1n) is 5.34. The molecule has 5 nitrogen and oxygen atoms in total. The van der Waals surface area contributed by atoms with Gasteiger partial charge in [-0.05, 0) is 12.1 Å². The Bertz CT molecular complexity index is 572. The third-order valence-electron chi connectivity index (χ3n) is 2.49. The average molecular weight is 286 g/mol. The molecule has 2 rings (SSSR count). The number of aromatic nitrogens is 2. The van der Waals surface area contributed by atoms with Gasteiger partial charge >= 0.3 is 0 Å². The lowest BCUT2D eigenvalue weighted by Gasteiger charge is -2.12. The minimum atomic E-state index is -0.257. The molecule has 0 saturated heterocycles. The number of benzene rings is 1. The van der Waals surface area contributed by atoms with Crippen LogP contribution in [0, 0.1) is 5.92 Å². The molecule has 0 unspecified atom stereocenters. The molecule has 1 N–H and O–H groups in total. The molecule has 0 fully saturated rings. The summed E-state index contributed by atoms with van der Waals surface area (Å²) in [5, 5.41) is 3.23. The summed E-state index contributed by atoms with van der Waals surface area (Å²) in [6.07, 6.45) is 0. The van der Waals surface area contributed by atoms with Crippen molar-refractivity contribution in [2.24, 2.45) is 5.92 Å². The number of anilines is 1. The quantitative estimate of drug-likeness (QED) is 0.938. The van der Waals surface area contributed by atoms with Crippen LogP contribution in [0.25, 0.3) is 11.0 Å². The van der Waals surface area contributed by atoms with Gasteiger partial charge < -0.3 is 10.1 Å². The zero-order valence-corrected chi connectivity index (χ0v) is 11.5. The van der Waals surface area contributed by atoms with E-state index in [2.05, 4.69) is 14.1 Å². The van der Waals surface area contributed by atoms with Gasteiger partial charge in [0.1, 0.15) is 11.0 Å². The van der Waals surface area contributed by atoms with Crippen LogP contribution in [0.4, 0.5) is 5.69 Å². The van der Waals surface area contributed by atoms with Crippen molar-refractivity contribution >= 4 is 46.0 Å². The number of hydrogen-bond acceptors (Lipinski definition) is 5. The molecule has 0 spiro atoms. The molecule has 0 aliphatic carbocycles. The van der Waals surface area contributed by atoms with Gasteiger partial charge in [0.2, 0.25) is 5.91 Å². The van der Waals surface area contributed by atoms with Gasteiger partial charge in [-0.2, -0.15) is 8.75 Å². The predicted octanol–water partition coefficient (Wildman–Crippen LogP) is 2.57. The fourth-order valence-electron chi connectivity index (χ4n) is 1.52. The number of nitrogens with one attached hydrogen (secondary N) is 1. The summed E-state index contributed by atoms with van der Waals surface area (Å²) < 4.78 is 13.2. The summed E-state index contributed by atoms with van der Waals surface area (Å²) in [6.45, 7) is 2.14. The van der Waals surface area contributed by atoms with Gasteiger partial charge in [-0.25, -0.2) is 0 Å². The monoisotopic (exact) mass is 285 g/mol. The van der Waals surface area contributed by atoms with Gasteiger partial charge in [0.15, 0.2) is 0 Å². The van der Waals surface area contributed by atoms with Crippen LogP contribution in [0.15, 0.2) is 12.1 Å². The number of fused-ring (bicyclic) bond motifs is 1. The molecule has 1 aromatic heterocycles. The Labute approximate surface area is 113 Å². The molecule has 1 heterocycles. The fourth-order valence-corrected chi connectivity index (χ4v) is 2.26. The van der Waals surface area contributed by atoms with Crippen LogP contribution in [0.3, 0.4) is 0 Å². The summed E-state index contributed by atoms with van der Waals surface area (Å²) in [5.74, 6) is -0.410. The number of halogens is 1. The Balaban J connectivity index is 2.28. The normalized spacial score (nSPS) is 12.6. The van der Waals surface area contributed by atoms with Crippen LogP contribution in [-0.2, 0) is 9.53 Å². The van der Waals surface area contributed by atoms with Crippen LogP contribution in [0.2, 0.25) is 5.02 Å². The van der Waals surface area contributed by atoms with Crippen LogP contribution < -0.4 is 5.32 Å². The molecule has 18 heavy (non-hydrogen) atoms. The van der Waals surface area contributed by atoms with E-state index in [1.165, 1.54) is 0 Å². The van der Waals surface area contributed by atoms with Gasteiger partial charge in [0.25, 0.3) is 0 Å². The molecule has 1 atom stereocenters. The van der Waals surface area contributed by atoms with Gasteiger partial charge in [-0.15, -0.1) is 0 Å². The molecule has 0 aliphatic heterocycles. The van der Waals surface area contributed by atoms with Crippen molar-refractivity contribution in [2.75, 3.05) is 19.0 Å². The smallest absolute Gasteiger partial charge is 0.229 e. The summed E-state index contributed by atoms with van der Waals surface area (Å²) in [5.41, 5.74) is 1.85. The number of amides is 1. The number of methoxy groups -OCH3 is 1. The van der Waals surface area contributed by atoms with E-state index >= 15 is 0 Å². The largest absolute Gasteiger partial charge is 0.384 e. The van der Waals surface area contributed by atoms with Gasteiger partial charge in [-0.1, -0.05) is 18.5 Å². The van der Waals surface area contributed by atoms with Gasteiger partial charge in [-0.3, -0.25) is 4.79 Å². The fraction of sp³-hybridized carbons (Fsp3) is 0.364. The first-order chi connectivity index (χ1) is 8.63. The summed E-state index contributed by atoms with van der Waals surface area (Å²) in [6, 6.07) is 3.47. The number of nitrogens with zero attached hydrogens (tertiary/aromatic N) is 2. The first-order valence-corrected chi connectivity index (χ1v) is 6.45. The minimum absolute atomic E-state index is 0.153. The minimum Gasteiger partial charge on any atom is -0.384 e. The van der Waals surface area contributed by atoms with E-state index in [1.54, 1.807) is 26.2 Å². The van der Waals surface area contributed by atoms with Crippen molar-refractivity contribution in [1.29, 1.82) is 0 Å². The van der Waals surface area contributed by atoms with Crippen molar-refractivity contribution < 1.29 is 9.53 Å². The second-order valence-corrected chi connectivity index (χ2v) is 4.84. The van der Waals surface area contributed by atoms with Crippen molar-refractivity contribution in [3.63, 3.8) is 0 Å². The third kappa shape index (κ3) is 2.60. The zero-order chi connectivity index (χ0) is 13.1. The molecule has 0 aliphatic rings. The van der Waals surface area contributed by atoms with E-state index in [-0.39, 0.29) is 11.8 Å². The molecule has 1 amide bonds. The van der Waals surface area contributed by atoms with Crippen molar-refractivity contribution in [3.8, 4) is 0 Å². The summed E-state index contributed by atoms with van der Waals surface area (Å²) >= 11 is 7.16. The predicted molar refractivity (Wildman–Crippen MR) is 72.1 cm³/mol. The molecule has 0 radical (unpaired) electrons. The Morgan fingerprint density at radius 3 is 3.06 bits per heavy atom. The second kappa shape index (κ2) is 5.60. The Morgan fingerprint density at radius 2 is 2.33 bits per heavy atom. The maximum Gasteiger partial charge on any atom is 0.229 e. The SMILES string of the molecule is COC[C@H](C)C(=O)Nc1c(Cl)ccc2nsnc12. The second-order valence-electron chi connectivity index (χ2n) is 3.90. The van der Waals surface area contributed by atoms with Crippen LogP contribution in [-0.4, -0.2) is 28.4 Å². The Kier molecular flexibility index (Phi) is 4.11. The topological polar surface area (TPSA) is 64.1 Å². The molecular weight excluding hydrogens is 274 g/mol. The number of hydrogen-bond donors (Lipinski definition) is 1. The molecule has 7 heteroatoms. The van der Waals surface area contributed by atoms with E-state index in [0.717, 1.165) is 17.2 Å². The van der Waals surface area contributed by atoms with Gasteiger partial charge in [0.05, 0.1) is 35.0 Å². The van der Waals surface area contributed by atoms with Crippen LogP contribution in [0.1, 0.15) is 6.92 Å². The van der Waals surface area contributed by atoms with E-state index in [4.69, 9.17) is 16.3 Å². The number of carbonyl (C=O) groups is 1. The number of ether oxygens (including phenoxy) is 1. The molecule has 0 bridgehead atoms. The maximum absolute atomic E-state index is 11.9. The maximum atomic E-state index is 11.9. The molecular formula is C11H12ClN3O2S. The summed E-state index contributed by atoms with van der Waals surface area (Å²) in [4.78, 5) is 11.9. The molecule has 2 aromatic rings. The van der Waals surface area contributed by atoms with E-state index in [9.17, 15) is 4.79 Å². The highest BCUT2D eigenvalue weighted by Gasteiger charge is 2.17. The van der Waals surface area contributed by atoms with E-state index in [0.29, 0.717) is 22.8 Å². The van der Waals surface area contributed by atoms with E-state index in [1.807, 2.05) is 0 Å². The Hall–Kier alpha value is -1.24. The Morgan fingerprint density at radius 1 is 1.56 bits per heavy atom. The molecule has 0 saturated carbocycles. The lowest BCUT2D eigenvalue weighted by atomic mass is 10.1. The first kappa shape index (κ1) is 13.2. The lowest BCUT2D eigenvalue weighted by Crippen LogP contribution is -2.24. The highest BCUT2D eigenvalue weighted by atomic mass is 35.5. The van der Waals surface area contributed by atoms with Crippen molar-refractivity contribution in [3.05, 3.63) is 17.2 Å². The van der Waals surface area contributed by atoms with Gasteiger partial charge in [0, 0.05) is 7.11 Å². The lowest BCUT2D eigenvalue weighted by molar-refractivity contribution is -0.120. The average Bonchev–Trinajstić information content (AvgIpc) is 2.81. The van der Waals surface area contributed by atoms with E-state index < -0.39 is 0 Å². The van der Waals surface area contributed by atoms with Crippen molar-refractivity contribution in [1.82, 2.24) is 8.75 Å². The molecule has 96 valence electrons. The highest BCUT2D eigenvalue weighted by molar-refractivity contribution is 7.00. The molecule has 1 aromatic carbocycles. The zero-order valence-electron chi connectivity index (χ0n) is 9.94. The van der Waals surface area contributed by atoms with Crippen molar-refractivity contribution in [2.45, 2.75) is 6.92 Å². The highest BCUT2D eigenvalue weighted by Crippen LogP contribution is 2.30. The summed E-state index contributed by atoms with van der Waals surface area (Å²) in [7, 11) is 1.56. The third-order valence-corrected chi connectivity index (χ3v) is 3.35. The van der Waals surface area contributed by atoms with Crippen LogP contribution in [0.5, 0.6) is 0 Å². The standard InChI is InChI=1S/C11H12ClN3O2S/c1-6(5-17-2)11(16)13-9-7(12)3-4-8-10(9)15-18-14-8/h3-4,6H,5H2,1-2H3,(H,13,16)/t6-/m0/s1.